The summed E-state index contributed by atoms with van der Waals surface area (Å²) in [6.45, 7) is -0.457. The molecule has 0 aliphatic carbocycles. The molecule has 1 aliphatic heterocycles. The van der Waals surface area contributed by atoms with Crippen molar-refractivity contribution >= 4 is 22.3 Å². The predicted octanol–water partition coefficient (Wildman–Crippen LogP) is 2.57. The number of benzene rings is 1. The molecule has 1 aromatic carbocycles. The summed E-state index contributed by atoms with van der Waals surface area (Å²) in [5, 5.41) is 8.99. The molecule has 0 aromatic heterocycles. The molecule has 0 bridgehead atoms. The minimum Gasteiger partial charge on any atom is -0.483 e. The summed E-state index contributed by atoms with van der Waals surface area (Å²) < 4.78 is 33.8. The van der Waals surface area contributed by atoms with E-state index in [-0.39, 0.29) is 24.3 Å². The van der Waals surface area contributed by atoms with E-state index in [2.05, 4.69) is 15.9 Å². The number of nitriles is 1. The van der Waals surface area contributed by atoms with Gasteiger partial charge in [0.15, 0.2) is 6.10 Å². The van der Waals surface area contributed by atoms with Gasteiger partial charge in [-0.25, -0.2) is 8.78 Å². The van der Waals surface area contributed by atoms with E-state index >= 15 is 0 Å². The average Bonchev–Trinajstić information content (AvgIpc) is 2.42. The van der Waals surface area contributed by atoms with Crippen LogP contribution in [-0.2, 0) is 4.79 Å². The van der Waals surface area contributed by atoms with Crippen LogP contribution in [0.4, 0.5) is 8.78 Å². The van der Waals surface area contributed by atoms with E-state index in [1.165, 1.54) is 12.1 Å². The van der Waals surface area contributed by atoms with Crippen molar-refractivity contribution < 1.29 is 18.3 Å². The highest BCUT2D eigenvalue weighted by molar-refractivity contribution is 9.10. The number of hydrogen-bond acceptors (Lipinski definition) is 3. The molecular formula is C13H11BrF2N2O2. The van der Waals surface area contributed by atoms with Crippen LogP contribution >= 0.6 is 15.9 Å². The summed E-state index contributed by atoms with van der Waals surface area (Å²) in [5.74, 6) is -3.01. The molecule has 0 unspecified atom stereocenters. The molecule has 1 saturated heterocycles. The van der Waals surface area contributed by atoms with Crippen LogP contribution in [0.3, 0.4) is 0 Å². The van der Waals surface area contributed by atoms with Crippen molar-refractivity contribution in [3.63, 3.8) is 0 Å². The van der Waals surface area contributed by atoms with Gasteiger partial charge in [0.1, 0.15) is 11.8 Å². The number of piperidine rings is 1. The molecule has 1 aromatic rings. The standard InChI is InChI=1S/C13H11BrF2N2O2/c14-10-1-2-11(9(5-10)6-17)20-12-3-4-18(8-19)7-13(12,15)16/h1-2,5,8,12H,3-4,7H2/t12-/m0/s1. The zero-order valence-corrected chi connectivity index (χ0v) is 11.9. The maximum absolute atomic E-state index is 13.9. The van der Waals surface area contributed by atoms with Crippen LogP contribution in [0.2, 0.25) is 0 Å². The zero-order valence-electron chi connectivity index (χ0n) is 10.4. The number of amides is 1. The maximum Gasteiger partial charge on any atom is 0.301 e. The number of ether oxygens (including phenoxy) is 1. The topological polar surface area (TPSA) is 53.3 Å². The molecule has 2 rings (SSSR count). The molecule has 20 heavy (non-hydrogen) atoms. The molecule has 1 aliphatic rings. The summed E-state index contributed by atoms with van der Waals surface area (Å²) in [4.78, 5) is 11.6. The Morgan fingerprint density at radius 1 is 1.55 bits per heavy atom. The number of nitrogens with zero attached hydrogens (tertiary/aromatic N) is 2. The molecule has 1 atom stereocenters. The molecule has 4 nitrogen and oxygen atoms in total. The number of rotatable bonds is 3. The first-order chi connectivity index (χ1) is 9.46. The Balaban J connectivity index is 2.18. The fraction of sp³-hybridized carbons (Fsp3) is 0.385. The highest BCUT2D eigenvalue weighted by Crippen LogP contribution is 2.32. The van der Waals surface area contributed by atoms with Crippen molar-refractivity contribution in [3.05, 3.63) is 28.2 Å². The summed E-state index contributed by atoms with van der Waals surface area (Å²) in [7, 11) is 0. The van der Waals surface area contributed by atoms with Crippen LogP contribution in [0, 0.1) is 11.3 Å². The molecule has 0 radical (unpaired) electrons. The molecule has 1 fully saturated rings. The van der Waals surface area contributed by atoms with E-state index in [0.717, 1.165) is 4.90 Å². The number of carbonyl (C=O) groups excluding carboxylic acids is 1. The fourth-order valence-electron chi connectivity index (χ4n) is 2.03. The van der Waals surface area contributed by atoms with Crippen molar-refractivity contribution in [1.82, 2.24) is 4.90 Å². The molecule has 7 heteroatoms. The van der Waals surface area contributed by atoms with E-state index in [1.807, 2.05) is 6.07 Å². The smallest absolute Gasteiger partial charge is 0.301 e. The van der Waals surface area contributed by atoms with Gasteiger partial charge in [0.25, 0.3) is 0 Å². The second-order valence-corrected chi connectivity index (χ2v) is 5.40. The van der Waals surface area contributed by atoms with Gasteiger partial charge in [-0.1, -0.05) is 15.9 Å². The predicted molar refractivity (Wildman–Crippen MR) is 70.5 cm³/mol. The average molecular weight is 345 g/mol. The SMILES string of the molecule is N#Cc1cc(Br)ccc1O[C@H]1CCN(C=O)CC1(F)F. The van der Waals surface area contributed by atoms with Gasteiger partial charge in [0.2, 0.25) is 6.41 Å². The molecule has 106 valence electrons. The summed E-state index contributed by atoms with van der Waals surface area (Å²) in [5.41, 5.74) is 0.188. The van der Waals surface area contributed by atoms with Crippen molar-refractivity contribution in [3.8, 4) is 11.8 Å². The lowest BCUT2D eigenvalue weighted by Crippen LogP contribution is -2.53. The Hall–Kier alpha value is -1.68. The van der Waals surface area contributed by atoms with Crippen LogP contribution in [0.5, 0.6) is 5.75 Å². The number of carbonyl (C=O) groups is 1. The van der Waals surface area contributed by atoms with Crippen LogP contribution in [-0.4, -0.2) is 36.4 Å². The molecular weight excluding hydrogens is 334 g/mol. The van der Waals surface area contributed by atoms with E-state index in [0.29, 0.717) is 10.9 Å². The fourth-order valence-corrected chi connectivity index (χ4v) is 2.39. The Labute approximate surface area is 123 Å². The maximum atomic E-state index is 13.9. The van der Waals surface area contributed by atoms with Gasteiger partial charge >= 0.3 is 5.92 Å². The third kappa shape index (κ3) is 3.07. The highest BCUT2D eigenvalue weighted by atomic mass is 79.9. The van der Waals surface area contributed by atoms with Gasteiger partial charge in [0, 0.05) is 17.4 Å². The van der Waals surface area contributed by atoms with Crippen LogP contribution < -0.4 is 4.74 Å². The molecule has 1 amide bonds. The Morgan fingerprint density at radius 3 is 2.90 bits per heavy atom. The number of hydrogen-bond donors (Lipinski definition) is 0. The molecule has 0 saturated carbocycles. The van der Waals surface area contributed by atoms with Crippen LogP contribution in [0.15, 0.2) is 22.7 Å². The van der Waals surface area contributed by atoms with E-state index in [1.54, 1.807) is 6.07 Å². The van der Waals surface area contributed by atoms with Crippen molar-refractivity contribution in [2.24, 2.45) is 0 Å². The normalized spacial score (nSPS) is 21.1. The lowest BCUT2D eigenvalue weighted by Gasteiger charge is -2.36. The number of likely N-dealkylation sites (tertiary alicyclic amines) is 1. The Morgan fingerprint density at radius 2 is 2.30 bits per heavy atom. The number of halogens is 3. The van der Waals surface area contributed by atoms with E-state index < -0.39 is 18.6 Å². The van der Waals surface area contributed by atoms with E-state index in [4.69, 9.17) is 10.00 Å². The van der Waals surface area contributed by atoms with Crippen molar-refractivity contribution in [1.29, 1.82) is 5.26 Å². The van der Waals surface area contributed by atoms with Crippen LogP contribution in [0.25, 0.3) is 0 Å². The summed E-state index contributed by atoms with van der Waals surface area (Å²) >= 11 is 3.20. The molecule has 0 spiro atoms. The highest BCUT2D eigenvalue weighted by Gasteiger charge is 2.46. The van der Waals surface area contributed by atoms with Gasteiger partial charge in [-0.15, -0.1) is 0 Å². The Bertz CT molecular complexity index is 560. The minimum atomic E-state index is -3.14. The quantitative estimate of drug-likeness (QED) is 0.792. The van der Waals surface area contributed by atoms with Gasteiger partial charge in [0.05, 0.1) is 12.1 Å². The van der Waals surface area contributed by atoms with Gasteiger partial charge < -0.3 is 9.64 Å². The number of alkyl halides is 2. The van der Waals surface area contributed by atoms with Gasteiger partial charge in [-0.2, -0.15) is 5.26 Å². The first kappa shape index (κ1) is 14.7. The third-order valence-corrected chi connectivity index (χ3v) is 3.54. The second-order valence-electron chi connectivity index (χ2n) is 4.48. The van der Waals surface area contributed by atoms with E-state index in [9.17, 15) is 13.6 Å². The second kappa shape index (κ2) is 5.75. The van der Waals surface area contributed by atoms with Gasteiger partial charge in [-0.05, 0) is 18.2 Å². The zero-order chi connectivity index (χ0) is 14.8. The summed E-state index contributed by atoms with van der Waals surface area (Å²) in [6.07, 6.45) is -0.913. The third-order valence-electron chi connectivity index (χ3n) is 3.04. The van der Waals surface area contributed by atoms with Crippen molar-refractivity contribution in [2.45, 2.75) is 18.4 Å². The largest absolute Gasteiger partial charge is 0.483 e. The Kier molecular flexibility index (Phi) is 4.23. The minimum absolute atomic E-state index is 0.0205. The lowest BCUT2D eigenvalue weighted by molar-refractivity contribution is -0.151. The molecule has 0 N–H and O–H groups in total. The first-order valence-electron chi connectivity index (χ1n) is 5.90. The molecule has 1 heterocycles. The van der Waals surface area contributed by atoms with Crippen LogP contribution in [0.1, 0.15) is 12.0 Å². The monoisotopic (exact) mass is 344 g/mol. The van der Waals surface area contributed by atoms with Crippen molar-refractivity contribution in [2.75, 3.05) is 13.1 Å². The first-order valence-corrected chi connectivity index (χ1v) is 6.69. The lowest BCUT2D eigenvalue weighted by atomic mass is 10.0. The summed E-state index contributed by atoms with van der Waals surface area (Å²) in [6, 6.07) is 6.51. The van der Waals surface area contributed by atoms with Gasteiger partial charge in [-0.3, -0.25) is 4.79 Å².